The van der Waals surface area contributed by atoms with Crippen LogP contribution in [-0.2, 0) is 20.7 Å². The Hall–Kier alpha value is -1.82. The van der Waals surface area contributed by atoms with Gasteiger partial charge in [-0.1, -0.05) is 23.7 Å². The molecule has 114 valence electrons. The fourth-order valence-electron chi connectivity index (χ4n) is 1.71. The molecule has 0 aliphatic rings. The number of esters is 1. The molecule has 0 aliphatic heterocycles. The van der Waals surface area contributed by atoms with E-state index in [1.165, 1.54) is 6.92 Å². The number of ether oxygens (including phenoxy) is 1. The molecule has 1 N–H and O–H groups in total. The Kier molecular flexibility index (Phi) is 6.42. The molecule has 1 atom stereocenters. The number of alkyl halides is 2. The molecule has 0 spiro atoms. The van der Waals surface area contributed by atoms with E-state index in [9.17, 15) is 18.4 Å². The maximum atomic E-state index is 12.6. The highest BCUT2D eigenvalue weighted by atomic mass is 35.5. The second-order valence-corrected chi connectivity index (χ2v) is 4.65. The summed E-state index contributed by atoms with van der Waals surface area (Å²) in [6.07, 6.45) is -3.44. The van der Waals surface area contributed by atoms with Crippen molar-refractivity contribution >= 4 is 29.1 Å². The number of benzene rings is 1. The predicted molar refractivity (Wildman–Crippen MR) is 74.0 cm³/mol. The van der Waals surface area contributed by atoms with Crippen molar-refractivity contribution in [1.82, 2.24) is 0 Å². The maximum Gasteiger partial charge on any atom is 0.322 e. The van der Waals surface area contributed by atoms with Gasteiger partial charge in [-0.05, 0) is 24.6 Å². The summed E-state index contributed by atoms with van der Waals surface area (Å²) in [5.41, 5.74) is 0.154. The van der Waals surface area contributed by atoms with E-state index in [1.807, 2.05) is 0 Å². The lowest BCUT2D eigenvalue weighted by Gasteiger charge is -2.15. The van der Waals surface area contributed by atoms with Crippen LogP contribution in [0.2, 0.25) is 5.02 Å². The highest BCUT2D eigenvalue weighted by Crippen LogP contribution is 2.16. The van der Waals surface area contributed by atoms with Crippen LogP contribution in [-0.4, -0.2) is 30.5 Å². The number of hydrogen-bond acceptors (Lipinski definition) is 4. The molecule has 0 heterocycles. The Balaban J connectivity index is 2.91. The number of Topliss-reactive ketones (excluding diaryl/α,β-unsaturated/α-hetero) is 1. The third-order valence-corrected chi connectivity index (χ3v) is 2.93. The number of hydrogen-bond donors (Lipinski definition) is 1. The lowest BCUT2D eigenvalue weighted by molar-refractivity contribution is -0.151. The molecule has 0 aromatic heterocycles. The van der Waals surface area contributed by atoms with E-state index in [0.29, 0.717) is 10.6 Å². The van der Waals surface area contributed by atoms with E-state index in [2.05, 4.69) is 4.74 Å². The first kappa shape index (κ1) is 17.2. The van der Waals surface area contributed by atoms with Crippen molar-refractivity contribution in [1.29, 1.82) is 5.41 Å². The van der Waals surface area contributed by atoms with E-state index >= 15 is 0 Å². The van der Waals surface area contributed by atoms with E-state index in [0.717, 1.165) is 0 Å². The van der Waals surface area contributed by atoms with Gasteiger partial charge in [-0.25, -0.2) is 8.78 Å². The second-order valence-electron chi connectivity index (χ2n) is 4.22. The third kappa shape index (κ3) is 4.90. The van der Waals surface area contributed by atoms with Gasteiger partial charge in [-0.15, -0.1) is 0 Å². The van der Waals surface area contributed by atoms with Crippen LogP contribution in [0.3, 0.4) is 0 Å². The molecule has 1 unspecified atom stereocenters. The summed E-state index contributed by atoms with van der Waals surface area (Å²) in [5, 5.41) is 8.26. The van der Waals surface area contributed by atoms with Crippen molar-refractivity contribution in [2.24, 2.45) is 5.92 Å². The fraction of sp³-hybridized carbons (Fsp3) is 0.357. The number of nitrogens with one attached hydrogen (secondary N) is 1. The van der Waals surface area contributed by atoms with Crippen LogP contribution in [0.1, 0.15) is 12.5 Å². The minimum Gasteiger partial charge on any atom is -0.465 e. The molecular formula is C14H14ClF2NO3. The van der Waals surface area contributed by atoms with Crippen LogP contribution in [0.25, 0.3) is 0 Å². The van der Waals surface area contributed by atoms with Crippen LogP contribution in [0.4, 0.5) is 8.78 Å². The molecule has 0 amide bonds. The Labute approximate surface area is 125 Å². The normalized spacial score (nSPS) is 12.0. The zero-order valence-electron chi connectivity index (χ0n) is 11.2. The molecule has 7 heteroatoms. The highest BCUT2D eigenvalue weighted by molar-refractivity contribution is 6.30. The number of halogens is 3. The number of carbonyl (C=O) groups is 2. The largest absolute Gasteiger partial charge is 0.465 e. The van der Waals surface area contributed by atoms with Crippen molar-refractivity contribution in [3.05, 3.63) is 34.9 Å². The monoisotopic (exact) mass is 317 g/mol. The van der Waals surface area contributed by atoms with Gasteiger partial charge in [-0.2, -0.15) is 0 Å². The molecule has 1 rings (SSSR count). The lowest BCUT2D eigenvalue weighted by Crippen LogP contribution is -2.37. The van der Waals surface area contributed by atoms with Gasteiger partial charge in [0.15, 0.2) is 5.92 Å². The molecule has 4 nitrogen and oxygen atoms in total. The quantitative estimate of drug-likeness (QED) is 0.477. The third-order valence-electron chi connectivity index (χ3n) is 2.68. The first-order valence-corrected chi connectivity index (χ1v) is 6.54. The summed E-state index contributed by atoms with van der Waals surface area (Å²) in [5.74, 6) is -4.62. The maximum absolute atomic E-state index is 12.6. The van der Waals surface area contributed by atoms with Gasteiger partial charge in [0, 0.05) is 17.2 Å². The molecule has 0 fully saturated rings. The molecule has 0 radical (unpaired) electrons. The van der Waals surface area contributed by atoms with Crippen molar-refractivity contribution < 1.29 is 23.1 Å². The molecule has 1 aromatic rings. The van der Waals surface area contributed by atoms with Gasteiger partial charge in [0.2, 0.25) is 5.78 Å². The zero-order valence-corrected chi connectivity index (χ0v) is 12.0. The molecule has 0 saturated carbocycles. The Bertz CT molecular complexity index is 532. The first-order chi connectivity index (χ1) is 9.86. The summed E-state index contributed by atoms with van der Waals surface area (Å²) < 4.78 is 29.7. The van der Waals surface area contributed by atoms with Crippen LogP contribution >= 0.6 is 11.6 Å². The predicted octanol–water partition coefficient (Wildman–Crippen LogP) is 2.92. The van der Waals surface area contributed by atoms with Crippen molar-refractivity contribution in [2.75, 3.05) is 6.61 Å². The molecule has 0 aliphatic carbocycles. The number of carbonyl (C=O) groups excluding carboxylic acids is 2. The SMILES string of the molecule is CCOC(=O)C(C(=N)Cc1ccc(Cl)cc1)C(=O)C(F)F. The zero-order chi connectivity index (χ0) is 16.0. The summed E-state index contributed by atoms with van der Waals surface area (Å²) in [4.78, 5) is 23.1. The Morgan fingerprint density at radius 2 is 1.86 bits per heavy atom. The number of ketones is 1. The van der Waals surface area contributed by atoms with Crippen molar-refractivity contribution in [2.45, 2.75) is 19.8 Å². The summed E-state index contributed by atoms with van der Waals surface area (Å²) in [7, 11) is 0. The highest BCUT2D eigenvalue weighted by Gasteiger charge is 2.37. The summed E-state index contributed by atoms with van der Waals surface area (Å²) in [6, 6.07) is 6.31. The smallest absolute Gasteiger partial charge is 0.322 e. The van der Waals surface area contributed by atoms with E-state index in [4.69, 9.17) is 17.0 Å². The van der Waals surface area contributed by atoms with Crippen molar-refractivity contribution in [3.8, 4) is 0 Å². The van der Waals surface area contributed by atoms with E-state index in [1.54, 1.807) is 24.3 Å². The Morgan fingerprint density at radius 3 is 2.33 bits per heavy atom. The average Bonchev–Trinajstić information content (AvgIpc) is 2.41. The second kappa shape index (κ2) is 7.83. The average molecular weight is 318 g/mol. The van der Waals surface area contributed by atoms with Gasteiger partial charge >= 0.3 is 5.97 Å². The molecule has 0 bridgehead atoms. The fourth-order valence-corrected chi connectivity index (χ4v) is 1.83. The van der Waals surface area contributed by atoms with Gasteiger partial charge in [-0.3, -0.25) is 9.59 Å². The Morgan fingerprint density at radius 1 is 1.29 bits per heavy atom. The minimum absolute atomic E-state index is 0.0555. The first-order valence-electron chi connectivity index (χ1n) is 6.17. The topological polar surface area (TPSA) is 67.2 Å². The molecular weight excluding hydrogens is 304 g/mol. The van der Waals surface area contributed by atoms with Gasteiger partial charge in [0.25, 0.3) is 6.43 Å². The molecule has 21 heavy (non-hydrogen) atoms. The van der Waals surface area contributed by atoms with Crippen LogP contribution in [0.5, 0.6) is 0 Å². The van der Waals surface area contributed by atoms with Crippen molar-refractivity contribution in [3.63, 3.8) is 0 Å². The van der Waals surface area contributed by atoms with Crippen LogP contribution in [0, 0.1) is 11.3 Å². The molecule has 1 aromatic carbocycles. The minimum atomic E-state index is -3.33. The number of rotatable bonds is 7. The van der Waals surface area contributed by atoms with Gasteiger partial charge in [0.1, 0.15) is 0 Å². The summed E-state index contributed by atoms with van der Waals surface area (Å²) >= 11 is 5.71. The standard InChI is InChI=1S/C14H14ClF2NO3/c1-2-21-14(20)11(12(19)13(16)17)10(18)7-8-3-5-9(15)6-4-8/h3-6,11,13,18H,2,7H2,1H3. The van der Waals surface area contributed by atoms with E-state index < -0.39 is 29.8 Å². The van der Waals surface area contributed by atoms with Gasteiger partial charge < -0.3 is 10.1 Å². The lowest BCUT2D eigenvalue weighted by atomic mass is 9.93. The van der Waals surface area contributed by atoms with Crippen LogP contribution in [0.15, 0.2) is 24.3 Å². The van der Waals surface area contributed by atoms with Gasteiger partial charge in [0.05, 0.1) is 6.61 Å². The summed E-state index contributed by atoms with van der Waals surface area (Å²) in [6.45, 7) is 1.44. The molecule has 0 saturated heterocycles. The van der Waals surface area contributed by atoms with E-state index in [-0.39, 0.29) is 13.0 Å². The van der Waals surface area contributed by atoms with Crippen LogP contribution < -0.4 is 0 Å².